The molecule has 0 fully saturated rings. The molecular weight excluding hydrogens is 1110 g/mol. The van der Waals surface area contributed by atoms with E-state index < -0.39 is 12.1 Å². The zero-order chi connectivity index (χ0) is 65.6. The van der Waals surface area contributed by atoms with Gasteiger partial charge in [-0.1, -0.05) is 410 Å². The van der Waals surface area contributed by atoms with Gasteiger partial charge in [-0.2, -0.15) is 0 Å². The van der Waals surface area contributed by atoms with E-state index in [1.807, 2.05) is 6.08 Å². The second-order valence-corrected chi connectivity index (χ2v) is 28.8. The molecule has 0 spiro atoms. The van der Waals surface area contributed by atoms with Crippen molar-refractivity contribution in [1.29, 1.82) is 0 Å². The quantitative estimate of drug-likeness (QED) is 0.0320. The van der Waals surface area contributed by atoms with Gasteiger partial charge >= 0.3 is 5.97 Å². The fourth-order valence-electron chi connectivity index (χ4n) is 13.3. The van der Waals surface area contributed by atoms with Crippen LogP contribution in [0.1, 0.15) is 470 Å². The molecule has 0 heterocycles. The lowest BCUT2D eigenvalue weighted by molar-refractivity contribution is -0.143. The third kappa shape index (κ3) is 77.0. The lowest BCUT2D eigenvalue weighted by Gasteiger charge is -2.20. The Kier molecular flexibility index (Phi) is 78.8. The lowest BCUT2D eigenvalue weighted by Crippen LogP contribution is -2.45. The number of aliphatic hydroxyl groups excluding tert-OH is 2. The van der Waals surface area contributed by atoms with Crippen LogP contribution in [-0.4, -0.2) is 47.4 Å². The average molecular weight is 1280 g/mol. The maximum atomic E-state index is 12.6. The molecule has 0 bridgehead atoms. The Hall–Kier alpha value is -1.92. The van der Waals surface area contributed by atoms with E-state index in [-0.39, 0.29) is 18.5 Å². The number of nitrogens with one attached hydrogen (secondary N) is 1. The third-order valence-electron chi connectivity index (χ3n) is 19.6. The molecule has 91 heavy (non-hydrogen) atoms. The summed E-state index contributed by atoms with van der Waals surface area (Å²) in [5.41, 5.74) is 0. The van der Waals surface area contributed by atoms with Crippen molar-refractivity contribution in [3.05, 3.63) is 36.5 Å². The largest absolute Gasteiger partial charge is 0.466 e. The molecule has 1 amide bonds. The van der Waals surface area contributed by atoms with Crippen LogP contribution in [0.4, 0.5) is 0 Å². The van der Waals surface area contributed by atoms with Gasteiger partial charge in [0.2, 0.25) is 5.91 Å². The molecule has 0 saturated heterocycles. The fraction of sp³-hybridized carbons (Fsp3) is 0.906. The molecule has 0 radical (unpaired) electrons. The highest BCUT2D eigenvalue weighted by Crippen LogP contribution is 2.20. The van der Waals surface area contributed by atoms with E-state index in [0.717, 1.165) is 38.5 Å². The first kappa shape index (κ1) is 89.1. The normalized spacial score (nSPS) is 12.6. The minimum atomic E-state index is -0.844. The number of rotatable bonds is 79. The van der Waals surface area contributed by atoms with Crippen molar-refractivity contribution in [3.8, 4) is 0 Å². The summed E-state index contributed by atoms with van der Waals surface area (Å²) in [6.07, 6.45) is 106. The van der Waals surface area contributed by atoms with Crippen molar-refractivity contribution in [2.24, 2.45) is 0 Å². The summed E-state index contributed by atoms with van der Waals surface area (Å²) in [4.78, 5) is 24.7. The Balaban J connectivity index is 3.37. The predicted octanol–water partition coefficient (Wildman–Crippen LogP) is 27.8. The predicted molar refractivity (Wildman–Crippen MR) is 403 cm³/mol. The zero-order valence-electron chi connectivity index (χ0n) is 61.9. The van der Waals surface area contributed by atoms with Crippen molar-refractivity contribution in [2.45, 2.75) is 482 Å². The van der Waals surface area contributed by atoms with Crippen LogP contribution >= 0.6 is 0 Å². The van der Waals surface area contributed by atoms with Gasteiger partial charge in [-0.3, -0.25) is 9.59 Å². The Morgan fingerprint density at radius 3 is 0.780 bits per heavy atom. The molecule has 0 aliphatic carbocycles. The minimum absolute atomic E-state index is 0.0185. The van der Waals surface area contributed by atoms with Crippen molar-refractivity contribution in [2.75, 3.05) is 13.2 Å². The fourth-order valence-corrected chi connectivity index (χ4v) is 13.3. The molecular formula is C85H163NO5. The molecule has 2 unspecified atom stereocenters. The summed E-state index contributed by atoms with van der Waals surface area (Å²) in [5.74, 6) is -0.0418. The maximum absolute atomic E-state index is 12.6. The van der Waals surface area contributed by atoms with Crippen LogP contribution in [-0.2, 0) is 14.3 Å². The molecule has 6 nitrogen and oxygen atoms in total. The number of allylic oxidation sites excluding steroid dienone is 5. The number of unbranched alkanes of at least 4 members (excludes halogenated alkanes) is 64. The molecule has 0 aromatic rings. The summed E-state index contributed by atoms with van der Waals surface area (Å²) < 4.78 is 5.52. The first-order valence-corrected chi connectivity index (χ1v) is 41.8. The van der Waals surface area contributed by atoms with E-state index in [2.05, 4.69) is 43.5 Å². The van der Waals surface area contributed by atoms with E-state index in [1.54, 1.807) is 6.08 Å². The maximum Gasteiger partial charge on any atom is 0.305 e. The van der Waals surface area contributed by atoms with E-state index in [0.29, 0.717) is 19.4 Å². The summed E-state index contributed by atoms with van der Waals surface area (Å²) in [7, 11) is 0. The highest BCUT2D eigenvalue weighted by Gasteiger charge is 2.18. The Morgan fingerprint density at radius 1 is 0.297 bits per heavy atom. The second-order valence-electron chi connectivity index (χ2n) is 28.8. The minimum Gasteiger partial charge on any atom is -0.466 e. The van der Waals surface area contributed by atoms with E-state index in [1.165, 1.54) is 405 Å². The van der Waals surface area contributed by atoms with Crippen molar-refractivity contribution >= 4 is 11.9 Å². The number of carbonyl (C=O) groups is 2. The number of carbonyl (C=O) groups excluding carboxylic acids is 2. The molecule has 2 atom stereocenters. The van der Waals surface area contributed by atoms with Gasteiger partial charge in [0.05, 0.1) is 25.4 Å². The number of aliphatic hydroxyl groups is 2. The van der Waals surface area contributed by atoms with Gasteiger partial charge < -0.3 is 20.3 Å². The van der Waals surface area contributed by atoms with E-state index in [4.69, 9.17) is 4.74 Å². The molecule has 6 heteroatoms. The Bertz CT molecular complexity index is 1470. The number of ether oxygens (including phenoxy) is 1. The number of hydrogen-bond acceptors (Lipinski definition) is 5. The van der Waals surface area contributed by atoms with Crippen LogP contribution in [0.3, 0.4) is 0 Å². The smallest absolute Gasteiger partial charge is 0.305 e. The molecule has 3 N–H and O–H groups in total. The van der Waals surface area contributed by atoms with Crippen LogP contribution in [0.15, 0.2) is 36.5 Å². The highest BCUT2D eigenvalue weighted by atomic mass is 16.5. The van der Waals surface area contributed by atoms with Crippen LogP contribution in [0.2, 0.25) is 0 Å². The van der Waals surface area contributed by atoms with Crippen molar-refractivity contribution < 1.29 is 24.5 Å². The molecule has 0 aliphatic rings. The SMILES string of the molecule is CCCCCCCC/C=C\CCCCCCCCCCCC(=O)OCCCCCCCCCCCCCC/C=C\CCCCCCCCCCCCCCCCCCC(=O)NC(CO)C(O)/C=C/CCCCCCCCCCCCCCCCCCCCCCC. The first-order valence-electron chi connectivity index (χ1n) is 41.8. The van der Waals surface area contributed by atoms with Crippen LogP contribution in [0, 0.1) is 0 Å². The topological polar surface area (TPSA) is 95.9 Å². The summed E-state index contributed by atoms with van der Waals surface area (Å²) in [5, 5.41) is 23.3. The van der Waals surface area contributed by atoms with Crippen LogP contribution in [0.5, 0.6) is 0 Å². The summed E-state index contributed by atoms with van der Waals surface area (Å²) in [6.45, 7) is 4.95. The summed E-state index contributed by atoms with van der Waals surface area (Å²) >= 11 is 0. The molecule has 0 saturated carbocycles. The first-order chi connectivity index (χ1) is 45.0. The van der Waals surface area contributed by atoms with Gasteiger partial charge in [0.1, 0.15) is 0 Å². The molecule has 0 aromatic heterocycles. The Labute approximate surface area is 570 Å². The highest BCUT2D eigenvalue weighted by molar-refractivity contribution is 5.76. The van der Waals surface area contributed by atoms with E-state index >= 15 is 0 Å². The lowest BCUT2D eigenvalue weighted by atomic mass is 10.0. The molecule has 0 aliphatic heterocycles. The van der Waals surface area contributed by atoms with Gasteiger partial charge in [-0.25, -0.2) is 0 Å². The number of amides is 1. The number of esters is 1. The molecule has 538 valence electrons. The van der Waals surface area contributed by atoms with Gasteiger partial charge in [-0.15, -0.1) is 0 Å². The molecule has 0 aromatic carbocycles. The average Bonchev–Trinajstić information content (AvgIpc) is 3.66. The number of hydrogen-bond donors (Lipinski definition) is 3. The van der Waals surface area contributed by atoms with Gasteiger partial charge in [-0.05, 0) is 83.5 Å². The second kappa shape index (κ2) is 80.5. The Morgan fingerprint density at radius 2 is 0.516 bits per heavy atom. The third-order valence-corrected chi connectivity index (χ3v) is 19.6. The monoisotopic (exact) mass is 1280 g/mol. The molecule has 0 rings (SSSR count). The zero-order valence-corrected chi connectivity index (χ0v) is 61.9. The van der Waals surface area contributed by atoms with Crippen LogP contribution < -0.4 is 5.32 Å². The van der Waals surface area contributed by atoms with Crippen LogP contribution in [0.25, 0.3) is 0 Å². The standard InChI is InChI=1S/C85H163NO5/c1-3-5-7-9-11-13-15-17-19-21-23-24-35-38-42-45-49-53-57-61-65-69-73-77-83(88)82(81-87)86-84(89)78-74-70-66-62-58-54-50-46-43-39-36-33-31-29-27-25-26-28-30-32-34-37-40-44-48-52-56-60-64-68-72-76-80-91-85(90)79-75-71-67-63-59-55-51-47-41-22-20-18-16-14-12-10-8-6-4-2/h18,20,28,30,73,77,82-83,87-88H,3-17,19,21-27,29,31-72,74-76,78-81H2,1-2H3,(H,86,89)/b20-18-,30-28-,77-73+. The summed E-state index contributed by atoms with van der Waals surface area (Å²) in [6, 6.07) is -0.628. The van der Waals surface area contributed by atoms with Gasteiger partial charge in [0.15, 0.2) is 0 Å². The van der Waals surface area contributed by atoms with Gasteiger partial charge in [0.25, 0.3) is 0 Å². The van der Waals surface area contributed by atoms with E-state index in [9.17, 15) is 19.8 Å². The van der Waals surface area contributed by atoms with Crippen molar-refractivity contribution in [3.63, 3.8) is 0 Å². The van der Waals surface area contributed by atoms with Crippen molar-refractivity contribution in [1.82, 2.24) is 5.32 Å². The van der Waals surface area contributed by atoms with Gasteiger partial charge in [0, 0.05) is 12.8 Å².